The third-order valence-corrected chi connectivity index (χ3v) is 9.19. The van der Waals surface area contributed by atoms with Crippen LogP contribution >= 0.6 is 0 Å². The van der Waals surface area contributed by atoms with E-state index in [1.54, 1.807) is 7.11 Å². The van der Waals surface area contributed by atoms with Gasteiger partial charge in [-0.05, 0) is 86.4 Å². The maximum absolute atomic E-state index is 13.7. The highest BCUT2D eigenvalue weighted by Gasteiger charge is 2.51. The first-order valence-corrected chi connectivity index (χ1v) is 15.3. The molecule has 0 N–H and O–H groups in total. The third-order valence-electron chi connectivity index (χ3n) is 9.19. The molecule has 6 rings (SSSR count). The Balaban J connectivity index is 1.11. The maximum atomic E-state index is 13.7. The largest absolute Gasteiger partial charge is 0.491 e. The molecule has 1 aliphatic carbocycles. The van der Waals surface area contributed by atoms with Crippen LogP contribution < -0.4 is 4.74 Å². The first-order valence-electron chi connectivity index (χ1n) is 15.3. The van der Waals surface area contributed by atoms with Gasteiger partial charge < -0.3 is 23.9 Å². The zero-order valence-electron chi connectivity index (χ0n) is 25.0. The van der Waals surface area contributed by atoms with Gasteiger partial charge in [0.1, 0.15) is 24.0 Å². The van der Waals surface area contributed by atoms with Crippen molar-refractivity contribution in [3.05, 3.63) is 53.3 Å². The van der Waals surface area contributed by atoms with Crippen molar-refractivity contribution in [3.63, 3.8) is 0 Å². The van der Waals surface area contributed by atoms with Gasteiger partial charge in [-0.25, -0.2) is 4.39 Å². The number of hydrogen-bond donors (Lipinski definition) is 0. The molecule has 0 bridgehead atoms. The number of carbonyl (C=O) groups is 1. The van der Waals surface area contributed by atoms with Crippen molar-refractivity contribution >= 4 is 11.8 Å². The van der Waals surface area contributed by atoms with E-state index >= 15 is 0 Å². The summed E-state index contributed by atoms with van der Waals surface area (Å²) in [7, 11) is 1.67. The van der Waals surface area contributed by atoms with E-state index in [-0.39, 0.29) is 17.4 Å². The SMILES string of the molecule is CCOC(=O)C1(C)CCN(C2=NOC3(C2)CN(Cc2cc(C4CC4)c(-c4ccc(F)cc4)cc2OCCOC)C3)CC1. The van der Waals surface area contributed by atoms with E-state index in [2.05, 4.69) is 27.1 Å². The van der Waals surface area contributed by atoms with Crippen molar-refractivity contribution < 1.29 is 28.2 Å². The topological polar surface area (TPSA) is 72.8 Å². The van der Waals surface area contributed by atoms with Gasteiger partial charge in [-0.15, -0.1) is 0 Å². The van der Waals surface area contributed by atoms with Crippen molar-refractivity contribution in [1.82, 2.24) is 9.80 Å². The predicted octanol–water partition coefficient (Wildman–Crippen LogP) is 5.35. The molecule has 3 aliphatic heterocycles. The summed E-state index contributed by atoms with van der Waals surface area (Å²) in [6, 6.07) is 11.2. The van der Waals surface area contributed by atoms with Gasteiger partial charge in [0.05, 0.1) is 25.0 Å². The van der Waals surface area contributed by atoms with E-state index in [1.807, 2.05) is 26.0 Å². The van der Waals surface area contributed by atoms with Crippen molar-refractivity contribution in [3.8, 4) is 16.9 Å². The van der Waals surface area contributed by atoms with Gasteiger partial charge in [0.2, 0.25) is 0 Å². The minimum Gasteiger partial charge on any atom is -0.491 e. The number of carbonyl (C=O) groups excluding carboxylic acids is 1. The van der Waals surface area contributed by atoms with E-state index in [0.717, 1.165) is 80.3 Å². The molecule has 9 heteroatoms. The molecular weight excluding hydrogens is 537 g/mol. The number of likely N-dealkylation sites (tertiary alicyclic amines) is 2. The van der Waals surface area contributed by atoms with Crippen LogP contribution in [0.25, 0.3) is 11.1 Å². The van der Waals surface area contributed by atoms with E-state index < -0.39 is 5.41 Å². The molecule has 1 saturated carbocycles. The second-order valence-corrected chi connectivity index (χ2v) is 12.5. The van der Waals surface area contributed by atoms with Crippen LogP contribution in [0.15, 0.2) is 41.6 Å². The monoisotopic (exact) mass is 579 g/mol. The predicted molar refractivity (Wildman–Crippen MR) is 158 cm³/mol. The normalized spacial score (nSPS) is 21.0. The molecule has 226 valence electrons. The highest BCUT2D eigenvalue weighted by atomic mass is 19.1. The van der Waals surface area contributed by atoms with Crippen LogP contribution in [0.3, 0.4) is 0 Å². The standard InChI is InChI=1S/C33H42FN3O5/c1-4-40-31(38)32(2)11-13-37(14-12-32)30-19-33(42-35-30)21-36(22-33)20-25-17-27(23-5-6-23)28(18-29(25)41-16-15-39-3)24-7-9-26(34)10-8-24/h7-10,17-18,23H,4-6,11-16,19-22H2,1-3H3. The minimum atomic E-state index is -0.425. The van der Waals surface area contributed by atoms with Crippen LogP contribution in [0, 0.1) is 11.2 Å². The average molecular weight is 580 g/mol. The lowest BCUT2D eigenvalue weighted by atomic mass is 9.80. The maximum Gasteiger partial charge on any atom is 0.311 e. The van der Waals surface area contributed by atoms with Gasteiger partial charge in [0.25, 0.3) is 0 Å². The molecule has 2 aromatic carbocycles. The smallest absolute Gasteiger partial charge is 0.311 e. The number of halogens is 1. The lowest BCUT2D eigenvalue weighted by molar-refractivity contribution is -0.156. The van der Waals surface area contributed by atoms with Crippen LogP contribution in [-0.4, -0.2) is 80.3 Å². The summed E-state index contributed by atoms with van der Waals surface area (Å²) < 4.78 is 30.5. The van der Waals surface area contributed by atoms with Crippen LogP contribution in [0.4, 0.5) is 4.39 Å². The van der Waals surface area contributed by atoms with Crippen molar-refractivity contribution in [2.45, 2.75) is 64.0 Å². The van der Waals surface area contributed by atoms with Gasteiger partial charge in [-0.1, -0.05) is 17.3 Å². The second kappa shape index (κ2) is 11.8. The first kappa shape index (κ1) is 28.9. The first-order chi connectivity index (χ1) is 20.3. The highest BCUT2D eigenvalue weighted by molar-refractivity contribution is 5.85. The molecule has 2 aromatic rings. The number of methoxy groups -OCH3 is 1. The Hall–Kier alpha value is -3.17. The summed E-state index contributed by atoms with van der Waals surface area (Å²) in [4.78, 5) is 23.1. The number of benzene rings is 2. The van der Waals surface area contributed by atoms with Crippen LogP contribution in [0.2, 0.25) is 0 Å². The van der Waals surface area contributed by atoms with Crippen LogP contribution in [-0.2, 0) is 25.7 Å². The Morgan fingerprint density at radius 3 is 2.52 bits per heavy atom. The van der Waals surface area contributed by atoms with Crippen molar-refractivity contribution in [2.24, 2.45) is 10.6 Å². The molecule has 0 aromatic heterocycles. The van der Waals surface area contributed by atoms with Gasteiger partial charge in [-0.2, -0.15) is 0 Å². The molecular formula is C33H42FN3O5. The second-order valence-electron chi connectivity index (χ2n) is 12.5. The lowest BCUT2D eigenvalue weighted by Crippen LogP contribution is -2.61. The van der Waals surface area contributed by atoms with E-state index in [1.165, 1.54) is 30.5 Å². The number of rotatable bonds is 10. The Labute approximate surface area is 247 Å². The summed E-state index contributed by atoms with van der Waals surface area (Å²) >= 11 is 0. The molecule has 3 fully saturated rings. The fraction of sp³-hybridized carbons (Fsp3) is 0.576. The van der Waals surface area contributed by atoms with Gasteiger partial charge in [-0.3, -0.25) is 9.69 Å². The number of esters is 1. The van der Waals surface area contributed by atoms with Crippen LogP contribution in [0.5, 0.6) is 5.75 Å². The fourth-order valence-corrected chi connectivity index (χ4v) is 6.48. The summed E-state index contributed by atoms with van der Waals surface area (Å²) in [5.41, 5.74) is 3.88. The van der Waals surface area contributed by atoms with Crippen molar-refractivity contribution in [1.29, 1.82) is 0 Å². The fourth-order valence-electron chi connectivity index (χ4n) is 6.48. The van der Waals surface area contributed by atoms with E-state index in [9.17, 15) is 9.18 Å². The third kappa shape index (κ3) is 5.99. The number of nitrogens with zero attached hydrogens (tertiary/aromatic N) is 3. The molecule has 1 spiro atoms. The highest BCUT2D eigenvalue weighted by Crippen LogP contribution is 2.47. The number of hydrogen-bond acceptors (Lipinski definition) is 8. The molecule has 42 heavy (non-hydrogen) atoms. The quantitative estimate of drug-likeness (QED) is 0.278. The lowest BCUT2D eigenvalue weighted by Gasteiger charge is -2.46. The van der Waals surface area contributed by atoms with E-state index in [0.29, 0.717) is 25.7 Å². The van der Waals surface area contributed by atoms with Gasteiger partial charge in [0.15, 0.2) is 5.60 Å². The Bertz CT molecular complexity index is 1310. The number of amidine groups is 1. The molecule has 0 amide bonds. The summed E-state index contributed by atoms with van der Waals surface area (Å²) in [5, 5.41) is 4.50. The summed E-state index contributed by atoms with van der Waals surface area (Å²) in [6.07, 6.45) is 4.65. The molecule has 0 atom stereocenters. The van der Waals surface area contributed by atoms with Crippen molar-refractivity contribution in [2.75, 3.05) is 53.1 Å². The molecule has 8 nitrogen and oxygen atoms in total. The number of oxime groups is 1. The summed E-state index contributed by atoms with van der Waals surface area (Å²) in [6.45, 7) is 9.16. The molecule has 2 saturated heterocycles. The zero-order chi connectivity index (χ0) is 29.3. The minimum absolute atomic E-state index is 0.0959. The van der Waals surface area contributed by atoms with Gasteiger partial charge >= 0.3 is 5.97 Å². The molecule has 0 radical (unpaired) electrons. The Morgan fingerprint density at radius 1 is 1.12 bits per heavy atom. The Kier molecular flexibility index (Phi) is 8.16. The van der Waals surface area contributed by atoms with Crippen LogP contribution in [0.1, 0.15) is 63.0 Å². The molecule has 3 heterocycles. The molecule has 0 unspecified atom stereocenters. The van der Waals surface area contributed by atoms with Gasteiger partial charge in [0, 0.05) is 45.4 Å². The zero-order valence-corrected chi connectivity index (χ0v) is 25.0. The number of ether oxygens (including phenoxy) is 3. The average Bonchev–Trinajstić information content (AvgIpc) is 3.72. The Morgan fingerprint density at radius 2 is 1.86 bits per heavy atom. The summed E-state index contributed by atoms with van der Waals surface area (Å²) in [5.74, 6) is 2.04. The molecule has 4 aliphatic rings. The number of piperidine rings is 1. The van der Waals surface area contributed by atoms with E-state index in [4.69, 9.17) is 19.0 Å².